The molecule has 0 aliphatic carbocycles. The molecule has 1 atom stereocenters. The second-order valence-electron chi connectivity index (χ2n) is 6.55. The van der Waals surface area contributed by atoms with Crippen LogP contribution in [0.4, 0.5) is 0 Å². The van der Waals surface area contributed by atoms with Crippen LogP contribution in [-0.4, -0.2) is 20.9 Å². The predicted octanol–water partition coefficient (Wildman–Crippen LogP) is 4.54. The number of rotatable bonds is 5. The van der Waals surface area contributed by atoms with Crippen molar-refractivity contribution >= 4 is 10.9 Å². The molecule has 1 heterocycles. The summed E-state index contributed by atoms with van der Waals surface area (Å²) in [5.74, 6) is 0.101. The first-order valence-corrected chi connectivity index (χ1v) is 8.79. The van der Waals surface area contributed by atoms with Gasteiger partial charge in [-0.1, -0.05) is 72.8 Å². The molecule has 0 aliphatic rings. The Morgan fingerprint density at radius 1 is 0.731 bits per heavy atom. The second kappa shape index (κ2) is 7.06. The normalized spacial score (nSPS) is 12.5. The zero-order chi connectivity index (χ0) is 17.9. The van der Waals surface area contributed by atoms with Gasteiger partial charge in [0.05, 0.1) is 11.6 Å². The van der Waals surface area contributed by atoms with Gasteiger partial charge in [-0.05, 0) is 23.3 Å². The molecular formula is C23H21NO2. The van der Waals surface area contributed by atoms with E-state index < -0.39 is 6.10 Å². The average Bonchev–Trinajstić information content (AvgIpc) is 3.00. The van der Waals surface area contributed by atoms with Gasteiger partial charge < -0.3 is 14.8 Å². The van der Waals surface area contributed by atoms with Gasteiger partial charge in [0.1, 0.15) is 5.75 Å². The molecule has 130 valence electrons. The maximum Gasteiger partial charge on any atom is 0.141 e. The molecule has 3 heteroatoms. The number of fused-ring (bicyclic) bond motifs is 1. The van der Waals surface area contributed by atoms with Crippen LogP contribution in [-0.2, 0) is 6.54 Å². The summed E-state index contributed by atoms with van der Waals surface area (Å²) >= 11 is 0. The summed E-state index contributed by atoms with van der Waals surface area (Å²) in [7, 11) is 0. The van der Waals surface area contributed by atoms with Crippen LogP contribution in [0.5, 0.6) is 5.75 Å². The molecule has 0 bridgehead atoms. The summed E-state index contributed by atoms with van der Waals surface area (Å²) < 4.78 is 1.92. The third kappa shape index (κ3) is 3.09. The highest BCUT2D eigenvalue weighted by Crippen LogP contribution is 2.31. The van der Waals surface area contributed by atoms with E-state index in [1.165, 1.54) is 0 Å². The molecule has 0 fully saturated rings. The molecule has 0 spiro atoms. The van der Waals surface area contributed by atoms with Crippen LogP contribution >= 0.6 is 0 Å². The Balaban J connectivity index is 1.72. The number of nitrogens with zero attached hydrogens (tertiary/aromatic N) is 1. The van der Waals surface area contributed by atoms with E-state index in [1.807, 2.05) is 89.5 Å². The Kier molecular flexibility index (Phi) is 4.46. The number of benzene rings is 3. The average molecular weight is 343 g/mol. The summed E-state index contributed by atoms with van der Waals surface area (Å²) in [6, 6.07) is 27.8. The first-order valence-electron chi connectivity index (χ1n) is 8.79. The van der Waals surface area contributed by atoms with E-state index in [-0.39, 0.29) is 11.7 Å². The van der Waals surface area contributed by atoms with Gasteiger partial charge in [-0.2, -0.15) is 0 Å². The Morgan fingerprint density at radius 3 is 1.88 bits per heavy atom. The van der Waals surface area contributed by atoms with Crippen molar-refractivity contribution in [2.75, 3.05) is 0 Å². The molecule has 1 aromatic heterocycles. The maximum atomic E-state index is 11.1. The lowest BCUT2D eigenvalue weighted by molar-refractivity contribution is 0.138. The molecule has 0 aliphatic heterocycles. The van der Waals surface area contributed by atoms with Crippen LogP contribution in [0.25, 0.3) is 10.9 Å². The third-order valence-corrected chi connectivity index (χ3v) is 4.85. The van der Waals surface area contributed by atoms with Gasteiger partial charge in [-0.3, -0.25) is 0 Å². The second-order valence-corrected chi connectivity index (χ2v) is 6.55. The van der Waals surface area contributed by atoms with Gasteiger partial charge in [-0.15, -0.1) is 0 Å². The Hall–Kier alpha value is -3.04. The largest absolute Gasteiger partial charge is 0.506 e. The zero-order valence-corrected chi connectivity index (χ0v) is 14.4. The molecular weight excluding hydrogens is 322 g/mol. The first kappa shape index (κ1) is 16.4. The molecule has 0 radical (unpaired) electrons. The fraction of sp³-hybridized carbons (Fsp3) is 0.130. The molecule has 4 aromatic rings. The molecule has 1 unspecified atom stereocenters. The van der Waals surface area contributed by atoms with E-state index in [2.05, 4.69) is 0 Å². The lowest BCUT2D eigenvalue weighted by atomic mass is 9.86. The minimum absolute atomic E-state index is 0.138. The summed E-state index contributed by atoms with van der Waals surface area (Å²) in [5.41, 5.74) is 3.07. The van der Waals surface area contributed by atoms with Gasteiger partial charge in [-0.25, -0.2) is 0 Å². The Labute approximate surface area is 152 Å². The van der Waals surface area contributed by atoms with E-state index in [0.29, 0.717) is 6.54 Å². The van der Waals surface area contributed by atoms with Gasteiger partial charge in [0.2, 0.25) is 0 Å². The van der Waals surface area contributed by atoms with E-state index in [1.54, 1.807) is 6.20 Å². The molecule has 3 aromatic carbocycles. The van der Waals surface area contributed by atoms with Crippen molar-refractivity contribution in [2.45, 2.75) is 18.6 Å². The minimum atomic E-state index is -0.630. The third-order valence-electron chi connectivity index (χ3n) is 4.85. The highest BCUT2D eigenvalue weighted by molar-refractivity contribution is 5.86. The van der Waals surface area contributed by atoms with Gasteiger partial charge in [0.25, 0.3) is 0 Å². The lowest BCUT2D eigenvalue weighted by Crippen LogP contribution is -2.25. The van der Waals surface area contributed by atoms with E-state index in [0.717, 1.165) is 22.0 Å². The van der Waals surface area contributed by atoms with Crippen LogP contribution in [0.15, 0.2) is 91.1 Å². The molecule has 3 nitrogen and oxygen atoms in total. The van der Waals surface area contributed by atoms with Gasteiger partial charge >= 0.3 is 0 Å². The molecule has 0 saturated carbocycles. The number of aliphatic hydroxyl groups is 1. The van der Waals surface area contributed by atoms with Crippen molar-refractivity contribution in [2.24, 2.45) is 0 Å². The molecule has 26 heavy (non-hydrogen) atoms. The van der Waals surface area contributed by atoms with Crippen molar-refractivity contribution in [3.05, 3.63) is 102 Å². The Bertz CT molecular complexity index is 953. The van der Waals surface area contributed by atoms with Crippen molar-refractivity contribution in [1.82, 2.24) is 4.57 Å². The maximum absolute atomic E-state index is 11.1. The van der Waals surface area contributed by atoms with Crippen LogP contribution in [0.2, 0.25) is 0 Å². The summed E-state index contributed by atoms with van der Waals surface area (Å²) in [6.45, 7) is 0.398. The van der Waals surface area contributed by atoms with Crippen molar-refractivity contribution < 1.29 is 10.2 Å². The SMILES string of the molecule is Oc1cn(CC(O)C(c2ccccc2)c2ccccc2)c2ccccc12. The van der Waals surface area contributed by atoms with Crippen molar-refractivity contribution in [3.8, 4) is 5.75 Å². The quantitative estimate of drug-likeness (QED) is 0.559. The standard InChI is InChI=1S/C23H21NO2/c25-21-15-24(20-14-8-7-13-19(20)21)16-22(26)23(17-9-3-1-4-10-17)18-11-5-2-6-12-18/h1-15,22-23,25-26H,16H2. The Morgan fingerprint density at radius 2 is 1.27 bits per heavy atom. The van der Waals surface area contributed by atoms with E-state index in [9.17, 15) is 10.2 Å². The summed E-state index contributed by atoms with van der Waals surface area (Å²) in [4.78, 5) is 0. The number of para-hydroxylation sites is 1. The monoisotopic (exact) mass is 343 g/mol. The summed E-state index contributed by atoms with van der Waals surface area (Å²) in [5, 5.41) is 22.1. The number of aromatic hydroxyl groups is 1. The van der Waals surface area contributed by atoms with Crippen LogP contribution in [0.1, 0.15) is 17.0 Å². The highest BCUT2D eigenvalue weighted by atomic mass is 16.3. The van der Waals surface area contributed by atoms with Crippen LogP contribution in [0, 0.1) is 0 Å². The fourth-order valence-electron chi connectivity index (χ4n) is 3.64. The molecule has 4 rings (SSSR count). The van der Waals surface area contributed by atoms with Gasteiger partial charge in [0, 0.05) is 24.0 Å². The van der Waals surface area contributed by atoms with Crippen LogP contribution < -0.4 is 0 Å². The number of hydrogen-bond donors (Lipinski definition) is 2. The van der Waals surface area contributed by atoms with E-state index >= 15 is 0 Å². The minimum Gasteiger partial charge on any atom is -0.506 e. The molecule has 0 saturated heterocycles. The number of hydrogen-bond acceptors (Lipinski definition) is 2. The van der Waals surface area contributed by atoms with Gasteiger partial charge in [0.15, 0.2) is 0 Å². The van der Waals surface area contributed by atoms with Crippen LogP contribution in [0.3, 0.4) is 0 Å². The lowest BCUT2D eigenvalue weighted by Gasteiger charge is -2.25. The number of aromatic nitrogens is 1. The number of aliphatic hydroxyl groups excluding tert-OH is 1. The molecule has 0 amide bonds. The molecule has 2 N–H and O–H groups in total. The zero-order valence-electron chi connectivity index (χ0n) is 14.4. The first-order chi connectivity index (χ1) is 12.7. The highest BCUT2D eigenvalue weighted by Gasteiger charge is 2.24. The smallest absolute Gasteiger partial charge is 0.141 e. The van der Waals surface area contributed by atoms with Crippen molar-refractivity contribution in [1.29, 1.82) is 0 Å². The topological polar surface area (TPSA) is 45.4 Å². The fourth-order valence-corrected chi connectivity index (χ4v) is 3.64. The van der Waals surface area contributed by atoms with Crippen molar-refractivity contribution in [3.63, 3.8) is 0 Å². The van der Waals surface area contributed by atoms with E-state index in [4.69, 9.17) is 0 Å². The summed E-state index contributed by atoms with van der Waals surface area (Å²) in [6.07, 6.45) is 1.07. The predicted molar refractivity (Wildman–Crippen MR) is 104 cm³/mol.